The maximum atomic E-state index is 6.41. The number of aromatic nitrogens is 4. The first-order valence-corrected chi connectivity index (χ1v) is 8.39. The van der Waals surface area contributed by atoms with Crippen LogP contribution in [0.25, 0.3) is 10.9 Å². The summed E-state index contributed by atoms with van der Waals surface area (Å²) in [6.45, 7) is 2.00. The zero-order valence-electron chi connectivity index (χ0n) is 14.2. The van der Waals surface area contributed by atoms with Gasteiger partial charge in [-0.15, -0.1) is 5.10 Å². The topological polar surface area (TPSA) is 88.9 Å². The number of halogens is 1. The number of nitrogens with one attached hydrogen (secondary N) is 2. The van der Waals surface area contributed by atoms with Crippen molar-refractivity contribution in [3.8, 4) is 5.75 Å². The Morgan fingerprint density at radius 2 is 2.12 bits per heavy atom. The molecule has 0 radical (unpaired) electrons. The van der Waals surface area contributed by atoms with Gasteiger partial charge in [-0.1, -0.05) is 28.8 Å². The lowest BCUT2D eigenvalue weighted by Gasteiger charge is -2.09. The molecule has 0 saturated carbocycles. The van der Waals surface area contributed by atoms with E-state index in [-0.39, 0.29) is 11.9 Å². The molecule has 26 heavy (non-hydrogen) atoms. The smallest absolute Gasteiger partial charge is 0.320 e. The van der Waals surface area contributed by atoms with Crippen LogP contribution in [-0.4, -0.2) is 27.5 Å². The van der Waals surface area contributed by atoms with E-state index in [0.29, 0.717) is 16.6 Å². The Balaban J connectivity index is 1.58. The van der Waals surface area contributed by atoms with Gasteiger partial charge in [0.2, 0.25) is 5.89 Å². The summed E-state index contributed by atoms with van der Waals surface area (Å²) in [4.78, 5) is 0. The fourth-order valence-electron chi connectivity index (χ4n) is 2.71. The lowest BCUT2D eigenvalue weighted by Crippen LogP contribution is -1.97. The van der Waals surface area contributed by atoms with E-state index in [1.165, 1.54) is 0 Å². The molecule has 132 valence electrons. The summed E-state index contributed by atoms with van der Waals surface area (Å²) >= 11 is 6.41. The van der Waals surface area contributed by atoms with Crippen LogP contribution >= 0.6 is 11.6 Å². The van der Waals surface area contributed by atoms with E-state index >= 15 is 0 Å². The van der Waals surface area contributed by atoms with E-state index in [1.807, 2.05) is 43.3 Å². The summed E-state index contributed by atoms with van der Waals surface area (Å²) in [6.07, 6.45) is 1.67. The van der Waals surface area contributed by atoms with E-state index in [9.17, 15) is 0 Å². The van der Waals surface area contributed by atoms with Crippen LogP contribution in [0.2, 0.25) is 5.02 Å². The number of ether oxygens (including phenoxy) is 1. The second-order valence-corrected chi connectivity index (χ2v) is 6.21. The molecule has 2 heterocycles. The SMILES string of the molecule is COc1cccc(C(C)c2nnc(Nc3ccc4[nH]ncc4c3Cl)o2)c1. The van der Waals surface area contributed by atoms with Crippen molar-refractivity contribution >= 4 is 34.2 Å². The predicted octanol–water partition coefficient (Wildman–Crippen LogP) is 4.50. The van der Waals surface area contributed by atoms with Crippen LogP contribution in [0.4, 0.5) is 11.7 Å². The lowest BCUT2D eigenvalue weighted by atomic mass is 10.0. The Bertz CT molecular complexity index is 1060. The predicted molar refractivity (Wildman–Crippen MR) is 99.2 cm³/mol. The number of hydrogen-bond acceptors (Lipinski definition) is 6. The number of H-pyrrole nitrogens is 1. The van der Waals surface area contributed by atoms with E-state index in [1.54, 1.807) is 13.3 Å². The maximum absolute atomic E-state index is 6.41. The van der Waals surface area contributed by atoms with Crippen molar-refractivity contribution < 1.29 is 9.15 Å². The highest BCUT2D eigenvalue weighted by atomic mass is 35.5. The average molecular weight is 370 g/mol. The Labute approximate surface area is 154 Å². The molecule has 2 aromatic heterocycles. The first-order valence-electron chi connectivity index (χ1n) is 8.01. The summed E-state index contributed by atoms with van der Waals surface area (Å²) in [5.74, 6) is 1.22. The van der Waals surface area contributed by atoms with Gasteiger partial charge in [-0.2, -0.15) is 5.10 Å². The van der Waals surface area contributed by atoms with Crippen molar-refractivity contribution in [3.63, 3.8) is 0 Å². The number of rotatable bonds is 5. The molecule has 0 fully saturated rings. The number of hydrogen-bond donors (Lipinski definition) is 2. The van der Waals surface area contributed by atoms with Gasteiger partial charge in [-0.25, -0.2) is 0 Å². The third-order valence-corrected chi connectivity index (χ3v) is 4.61. The third-order valence-electron chi connectivity index (χ3n) is 4.20. The molecule has 2 aromatic carbocycles. The standard InChI is InChI=1S/C18H16ClN5O2/c1-10(11-4-3-5-12(8-11)25-2)17-23-24-18(26-17)21-15-7-6-14-13(16(15)19)9-20-22-14/h3-10H,1-2H3,(H,20,22)(H,21,24). The van der Waals surface area contributed by atoms with Crippen LogP contribution in [0.1, 0.15) is 24.3 Å². The first kappa shape index (κ1) is 16.4. The van der Waals surface area contributed by atoms with Gasteiger partial charge in [0.15, 0.2) is 0 Å². The highest BCUT2D eigenvalue weighted by molar-refractivity contribution is 6.38. The molecule has 0 amide bonds. The molecule has 0 aliphatic rings. The van der Waals surface area contributed by atoms with Crippen molar-refractivity contribution in [2.45, 2.75) is 12.8 Å². The molecule has 0 aliphatic carbocycles. The minimum Gasteiger partial charge on any atom is -0.497 e. The zero-order valence-corrected chi connectivity index (χ0v) is 14.9. The van der Waals surface area contributed by atoms with E-state index < -0.39 is 0 Å². The van der Waals surface area contributed by atoms with Gasteiger partial charge in [0, 0.05) is 5.39 Å². The van der Waals surface area contributed by atoms with E-state index in [0.717, 1.165) is 22.2 Å². The van der Waals surface area contributed by atoms with Crippen LogP contribution in [0, 0.1) is 0 Å². The fourth-order valence-corrected chi connectivity index (χ4v) is 2.97. The van der Waals surface area contributed by atoms with Gasteiger partial charge in [-0.05, 0) is 36.8 Å². The Morgan fingerprint density at radius 1 is 1.23 bits per heavy atom. The van der Waals surface area contributed by atoms with E-state index in [2.05, 4.69) is 25.7 Å². The quantitative estimate of drug-likeness (QED) is 0.538. The van der Waals surface area contributed by atoms with Crippen LogP contribution in [0.15, 0.2) is 47.0 Å². The monoisotopic (exact) mass is 369 g/mol. The fraction of sp³-hybridized carbons (Fsp3) is 0.167. The minimum absolute atomic E-state index is 0.0695. The lowest BCUT2D eigenvalue weighted by molar-refractivity contribution is 0.413. The second kappa shape index (κ2) is 6.68. The molecule has 1 atom stereocenters. The molecule has 4 rings (SSSR count). The summed E-state index contributed by atoms with van der Waals surface area (Å²) in [7, 11) is 1.64. The molecule has 8 heteroatoms. The average Bonchev–Trinajstić information content (AvgIpc) is 3.33. The van der Waals surface area contributed by atoms with Crippen LogP contribution in [0.3, 0.4) is 0 Å². The minimum atomic E-state index is -0.0695. The highest BCUT2D eigenvalue weighted by Gasteiger charge is 2.17. The summed E-state index contributed by atoms with van der Waals surface area (Å²) in [6, 6.07) is 11.8. The van der Waals surface area contributed by atoms with Crippen LogP contribution in [0.5, 0.6) is 5.75 Å². The molecular weight excluding hydrogens is 354 g/mol. The van der Waals surface area contributed by atoms with Crippen LogP contribution in [-0.2, 0) is 0 Å². The van der Waals surface area contributed by atoms with Gasteiger partial charge in [-0.3, -0.25) is 5.10 Å². The number of fused-ring (bicyclic) bond motifs is 1. The Hall–Kier alpha value is -3.06. The maximum Gasteiger partial charge on any atom is 0.320 e. The molecule has 0 spiro atoms. The van der Waals surface area contributed by atoms with Crippen molar-refractivity contribution in [2.75, 3.05) is 12.4 Å². The number of methoxy groups -OCH3 is 1. The van der Waals surface area contributed by atoms with E-state index in [4.69, 9.17) is 20.8 Å². The zero-order chi connectivity index (χ0) is 18.1. The normalized spacial score (nSPS) is 12.3. The largest absolute Gasteiger partial charge is 0.497 e. The van der Waals surface area contributed by atoms with Gasteiger partial charge in [0.05, 0.1) is 35.5 Å². The molecule has 0 bridgehead atoms. The molecular formula is C18H16ClN5O2. The summed E-state index contributed by atoms with van der Waals surface area (Å²) < 4.78 is 11.0. The van der Waals surface area contributed by atoms with Crippen molar-refractivity contribution in [2.24, 2.45) is 0 Å². The van der Waals surface area contributed by atoms with Gasteiger partial charge in [0.1, 0.15) is 5.75 Å². The second-order valence-electron chi connectivity index (χ2n) is 5.83. The number of benzene rings is 2. The number of nitrogens with zero attached hydrogens (tertiary/aromatic N) is 3. The summed E-state index contributed by atoms with van der Waals surface area (Å²) in [5.41, 5.74) is 2.56. The molecule has 7 nitrogen and oxygen atoms in total. The first-order chi connectivity index (χ1) is 12.7. The highest BCUT2D eigenvalue weighted by Crippen LogP contribution is 2.32. The molecule has 0 saturated heterocycles. The molecule has 0 aliphatic heterocycles. The van der Waals surface area contributed by atoms with Gasteiger partial charge >= 0.3 is 6.01 Å². The van der Waals surface area contributed by atoms with Crippen molar-refractivity contribution in [3.05, 3.63) is 59.1 Å². The van der Waals surface area contributed by atoms with Crippen LogP contribution < -0.4 is 10.1 Å². The Kier molecular flexibility index (Phi) is 4.22. The van der Waals surface area contributed by atoms with Crippen molar-refractivity contribution in [1.82, 2.24) is 20.4 Å². The molecule has 2 N–H and O–H groups in total. The Morgan fingerprint density at radius 3 is 2.96 bits per heavy atom. The third kappa shape index (κ3) is 2.97. The number of aromatic amines is 1. The summed E-state index contributed by atoms with van der Waals surface area (Å²) in [5, 5.41) is 19.5. The van der Waals surface area contributed by atoms with Gasteiger partial charge < -0.3 is 14.5 Å². The van der Waals surface area contributed by atoms with Crippen molar-refractivity contribution in [1.29, 1.82) is 0 Å². The van der Waals surface area contributed by atoms with Gasteiger partial charge in [0.25, 0.3) is 0 Å². The number of anilines is 2. The molecule has 1 unspecified atom stereocenters. The molecule has 4 aromatic rings.